The van der Waals surface area contributed by atoms with Crippen LogP contribution in [0.2, 0.25) is 0 Å². The molecule has 0 saturated carbocycles. The molecule has 0 unspecified atom stereocenters. The summed E-state index contributed by atoms with van der Waals surface area (Å²) in [5, 5.41) is 0. The summed E-state index contributed by atoms with van der Waals surface area (Å²) in [6.07, 6.45) is 1.81. The lowest BCUT2D eigenvalue weighted by atomic mass is 10.0. The van der Waals surface area contributed by atoms with Gasteiger partial charge in [-0.15, -0.1) is 0 Å². The Morgan fingerprint density at radius 1 is 1.14 bits per heavy atom. The molecule has 3 rings (SSSR count). The van der Waals surface area contributed by atoms with Crippen molar-refractivity contribution in [3.8, 4) is 0 Å². The lowest BCUT2D eigenvalue weighted by Crippen LogP contribution is -2.27. The van der Waals surface area contributed by atoms with Crippen molar-refractivity contribution in [1.29, 1.82) is 0 Å². The van der Waals surface area contributed by atoms with Gasteiger partial charge in [-0.05, 0) is 44.9 Å². The molecule has 1 amide bonds. The number of likely N-dealkylation sites (N-methyl/N-ethyl adjacent to an activating group) is 1. The van der Waals surface area contributed by atoms with Gasteiger partial charge in [-0.2, -0.15) is 4.31 Å². The van der Waals surface area contributed by atoms with E-state index in [4.69, 9.17) is 0 Å². The molecule has 0 bridgehead atoms. The summed E-state index contributed by atoms with van der Waals surface area (Å²) < 4.78 is 26.9. The highest BCUT2D eigenvalue weighted by Crippen LogP contribution is 2.39. The molecule has 1 saturated heterocycles. The number of rotatable bonds is 2. The smallest absolute Gasteiger partial charge is 0.258 e. The Morgan fingerprint density at radius 2 is 1.77 bits per heavy atom. The van der Waals surface area contributed by atoms with E-state index in [9.17, 15) is 13.2 Å². The van der Waals surface area contributed by atoms with E-state index in [0.717, 1.165) is 24.1 Å². The van der Waals surface area contributed by atoms with Gasteiger partial charge in [-0.3, -0.25) is 4.79 Å². The van der Waals surface area contributed by atoms with E-state index in [-0.39, 0.29) is 10.8 Å². The van der Waals surface area contributed by atoms with Crippen molar-refractivity contribution < 1.29 is 13.2 Å². The van der Waals surface area contributed by atoms with Crippen LogP contribution in [0.25, 0.3) is 5.57 Å². The fourth-order valence-electron chi connectivity index (χ4n) is 3.12. The van der Waals surface area contributed by atoms with E-state index in [1.54, 1.807) is 30.1 Å². The van der Waals surface area contributed by atoms with Crippen molar-refractivity contribution in [2.45, 2.75) is 31.6 Å². The molecule has 2 aliphatic rings. The normalized spacial score (nSPS) is 19.0. The summed E-state index contributed by atoms with van der Waals surface area (Å²) in [5.41, 5.74) is 2.98. The number of benzene rings is 1. The molecule has 22 heavy (non-hydrogen) atoms. The first-order chi connectivity index (χ1) is 10.3. The molecule has 0 spiro atoms. The van der Waals surface area contributed by atoms with E-state index in [1.165, 1.54) is 4.31 Å². The monoisotopic (exact) mass is 320 g/mol. The Bertz CT molecular complexity index is 771. The van der Waals surface area contributed by atoms with Crippen molar-refractivity contribution in [3.63, 3.8) is 0 Å². The van der Waals surface area contributed by atoms with Crippen LogP contribution in [-0.4, -0.2) is 38.8 Å². The Balaban J connectivity index is 2.13. The maximum Gasteiger partial charge on any atom is 0.258 e. The van der Waals surface area contributed by atoms with Crippen LogP contribution in [0.5, 0.6) is 0 Å². The lowest BCUT2D eigenvalue weighted by Gasteiger charge is -2.16. The Morgan fingerprint density at radius 3 is 2.36 bits per heavy atom. The van der Waals surface area contributed by atoms with Crippen LogP contribution in [0.3, 0.4) is 0 Å². The van der Waals surface area contributed by atoms with Crippen LogP contribution in [0.15, 0.2) is 28.7 Å². The molecule has 1 fully saturated rings. The largest absolute Gasteiger partial charge is 0.311 e. The maximum atomic E-state index is 12.7. The van der Waals surface area contributed by atoms with Crippen LogP contribution in [0.4, 0.5) is 5.69 Å². The summed E-state index contributed by atoms with van der Waals surface area (Å²) in [7, 11) is -1.75. The van der Waals surface area contributed by atoms with E-state index in [0.29, 0.717) is 24.2 Å². The van der Waals surface area contributed by atoms with Crippen LogP contribution < -0.4 is 4.90 Å². The van der Waals surface area contributed by atoms with Gasteiger partial charge in [-0.25, -0.2) is 8.42 Å². The third kappa shape index (κ3) is 2.18. The number of amides is 1. The number of nitrogens with zero attached hydrogens (tertiary/aromatic N) is 2. The molecular weight excluding hydrogens is 300 g/mol. The van der Waals surface area contributed by atoms with Gasteiger partial charge in [0.15, 0.2) is 0 Å². The van der Waals surface area contributed by atoms with Gasteiger partial charge >= 0.3 is 0 Å². The topological polar surface area (TPSA) is 57.7 Å². The van der Waals surface area contributed by atoms with Crippen LogP contribution in [0.1, 0.15) is 32.3 Å². The average molecular weight is 320 g/mol. The predicted molar refractivity (Wildman–Crippen MR) is 86.1 cm³/mol. The second-order valence-electron chi connectivity index (χ2n) is 6.03. The third-order valence-corrected chi connectivity index (χ3v) is 6.21. The van der Waals surface area contributed by atoms with Gasteiger partial charge in [-0.1, -0.05) is 5.57 Å². The van der Waals surface area contributed by atoms with Gasteiger partial charge in [0.05, 0.1) is 10.6 Å². The summed E-state index contributed by atoms with van der Waals surface area (Å²) in [5.74, 6) is -0.0780. The standard InChI is InChI=1S/C16H20N2O3S/c1-11(2)15-13-10-12(6-7-14(13)17(3)16(15)19)22(20,21)18-8-4-5-9-18/h6-7,10H,4-5,8-9H2,1-3H3. The van der Waals surface area contributed by atoms with Crippen molar-refractivity contribution >= 4 is 27.2 Å². The number of allylic oxidation sites excluding steroid dienone is 1. The molecule has 0 aliphatic carbocycles. The second-order valence-corrected chi connectivity index (χ2v) is 7.97. The molecule has 1 aromatic carbocycles. The quantitative estimate of drug-likeness (QED) is 0.785. The van der Waals surface area contributed by atoms with Crippen molar-refractivity contribution in [2.24, 2.45) is 0 Å². The first kappa shape index (κ1) is 15.2. The predicted octanol–water partition coefficient (Wildman–Crippen LogP) is 2.24. The highest BCUT2D eigenvalue weighted by atomic mass is 32.2. The number of sulfonamides is 1. The SMILES string of the molecule is CC(C)=C1C(=O)N(C)c2ccc(S(=O)(=O)N3CCCC3)cc21. The Kier molecular flexibility index (Phi) is 3.61. The van der Waals surface area contributed by atoms with Gasteiger partial charge < -0.3 is 4.90 Å². The molecular formula is C16H20N2O3S. The maximum absolute atomic E-state index is 12.7. The minimum absolute atomic E-state index is 0.0780. The molecule has 0 radical (unpaired) electrons. The van der Waals surface area contributed by atoms with Crippen molar-refractivity contribution in [1.82, 2.24) is 4.31 Å². The number of hydrogen-bond donors (Lipinski definition) is 0. The number of anilines is 1. The lowest BCUT2D eigenvalue weighted by molar-refractivity contribution is -0.112. The zero-order chi connectivity index (χ0) is 16.1. The molecule has 6 heteroatoms. The zero-order valence-electron chi connectivity index (χ0n) is 13.1. The van der Waals surface area contributed by atoms with E-state index in [2.05, 4.69) is 0 Å². The second kappa shape index (κ2) is 5.21. The summed E-state index contributed by atoms with van der Waals surface area (Å²) >= 11 is 0. The van der Waals surface area contributed by atoms with Gasteiger partial charge in [0.1, 0.15) is 0 Å². The van der Waals surface area contributed by atoms with E-state index >= 15 is 0 Å². The van der Waals surface area contributed by atoms with Crippen LogP contribution in [-0.2, 0) is 14.8 Å². The van der Waals surface area contributed by atoms with Crippen molar-refractivity contribution in [3.05, 3.63) is 29.3 Å². The number of fused-ring (bicyclic) bond motifs is 1. The molecule has 5 nitrogen and oxygen atoms in total. The van der Waals surface area contributed by atoms with Crippen LogP contribution >= 0.6 is 0 Å². The first-order valence-electron chi connectivity index (χ1n) is 7.44. The minimum atomic E-state index is -3.46. The third-order valence-electron chi connectivity index (χ3n) is 4.32. The summed E-state index contributed by atoms with van der Waals surface area (Å²) in [6.45, 7) is 4.90. The number of carbonyl (C=O) groups excluding carboxylic acids is 1. The van der Waals surface area contributed by atoms with Crippen molar-refractivity contribution in [2.75, 3.05) is 25.0 Å². The molecule has 118 valence electrons. The van der Waals surface area contributed by atoms with E-state index in [1.807, 2.05) is 13.8 Å². The molecule has 0 N–H and O–H groups in total. The molecule has 2 heterocycles. The Labute approximate surface area is 131 Å². The summed E-state index contributed by atoms with van der Waals surface area (Å²) in [6, 6.07) is 4.98. The first-order valence-corrected chi connectivity index (χ1v) is 8.88. The number of hydrogen-bond acceptors (Lipinski definition) is 3. The molecule has 2 aliphatic heterocycles. The average Bonchev–Trinajstić information content (AvgIpc) is 3.07. The fraction of sp³-hybridized carbons (Fsp3) is 0.438. The van der Waals surface area contributed by atoms with Gasteiger partial charge in [0, 0.05) is 31.3 Å². The number of carbonyl (C=O) groups is 1. The van der Waals surface area contributed by atoms with Crippen LogP contribution in [0, 0.1) is 0 Å². The highest BCUT2D eigenvalue weighted by Gasteiger charge is 2.33. The highest BCUT2D eigenvalue weighted by molar-refractivity contribution is 7.89. The molecule has 0 aromatic heterocycles. The minimum Gasteiger partial charge on any atom is -0.311 e. The molecule has 1 aromatic rings. The Hall–Kier alpha value is -1.66. The summed E-state index contributed by atoms with van der Waals surface area (Å²) in [4.78, 5) is 14.2. The van der Waals surface area contributed by atoms with E-state index < -0.39 is 10.0 Å². The van der Waals surface area contributed by atoms with Gasteiger partial charge in [0.25, 0.3) is 5.91 Å². The molecule has 0 atom stereocenters. The zero-order valence-corrected chi connectivity index (χ0v) is 13.9. The van der Waals surface area contributed by atoms with Gasteiger partial charge in [0.2, 0.25) is 10.0 Å². The fourth-order valence-corrected chi connectivity index (χ4v) is 4.67.